The van der Waals surface area contributed by atoms with Gasteiger partial charge in [0.05, 0.1) is 6.10 Å². The second-order valence-corrected chi connectivity index (χ2v) is 5.73. The van der Waals surface area contributed by atoms with Crippen LogP contribution in [0.3, 0.4) is 0 Å². The van der Waals surface area contributed by atoms with Gasteiger partial charge in [-0.1, -0.05) is 19.4 Å². The van der Waals surface area contributed by atoms with Gasteiger partial charge in [-0.05, 0) is 50.4 Å². The van der Waals surface area contributed by atoms with Crippen LogP contribution in [0.2, 0.25) is 0 Å². The minimum absolute atomic E-state index is 0.149. The largest absolute Gasteiger partial charge is 0.393 e. The predicted molar refractivity (Wildman–Crippen MR) is 61.2 cm³/mol. The molecule has 1 heteroatoms. The molecule has 0 amide bonds. The third-order valence-electron chi connectivity index (χ3n) is 3.49. The van der Waals surface area contributed by atoms with Crippen LogP contribution in [0.25, 0.3) is 0 Å². The summed E-state index contributed by atoms with van der Waals surface area (Å²) in [6.07, 6.45) is 5.51. The Kier molecular flexibility index (Phi) is 3.77. The molecule has 0 heterocycles. The van der Waals surface area contributed by atoms with Gasteiger partial charge in [0.15, 0.2) is 0 Å². The summed E-state index contributed by atoms with van der Waals surface area (Å²) in [7, 11) is 0. The first kappa shape index (κ1) is 11.8. The molecule has 0 aromatic carbocycles. The number of aliphatic hydroxyl groups excluding tert-OH is 1. The van der Waals surface area contributed by atoms with Gasteiger partial charge in [0.25, 0.3) is 0 Å². The molecule has 0 aromatic heterocycles. The Hall–Kier alpha value is -0.300. The lowest BCUT2D eigenvalue weighted by atomic mass is 9.71. The van der Waals surface area contributed by atoms with E-state index in [4.69, 9.17) is 0 Å². The van der Waals surface area contributed by atoms with Crippen LogP contribution in [0.5, 0.6) is 0 Å². The molecular formula is C13H24O. The zero-order chi connectivity index (χ0) is 10.8. The maximum Gasteiger partial charge on any atom is 0.0605 e. The minimum Gasteiger partial charge on any atom is -0.393 e. The summed E-state index contributed by atoms with van der Waals surface area (Å²) in [5.41, 5.74) is 1.60. The minimum atomic E-state index is -0.149. The Morgan fingerprint density at radius 3 is 2.36 bits per heavy atom. The first-order valence-corrected chi connectivity index (χ1v) is 5.73. The smallest absolute Gasteiger partial charge is 0.0605 e. The Morgan fingerprint density at radius 2 is 1.93 bits per heavy atom. The summed E-state index contributed by atoms with van der Waals surface area (Å²) in [5.74, 6) is 0.514. The number of hydrogen-bond donors (Lipinski definition) is 1. The normalized spacial score (nSPS) is 24.6. The zero-order valence-electron chi connectivity index (χ0n) is 9.84. The molecule has 82 valence electrons. The molecular weight excluding hydrogens is 172 g/mol. The molecule has 0 spiro atoms. The van der Waals surface area contributed by atoms with Crippen molar-refractivity contribution in [3.63, 3.8) is 0 Å². The van der Waals surface area contributed by atoms with E-state index in [0.29, 0.717) is 11.3 Å². The number of rotatable bonds is 3. The van der Waals surface area contributed by atoms with E-state index in [1.807, 2.05) is 6.92 Å². The van der Waals surface area contributed by atoms with Gasteiger partial charge in [0, 0.05) is 0 Å². The van der Waals surface area contributed by atoms with Gasteiger partial charge < -0.3 is 5.11 Å². The SMILES string of the molecule is C=C(C)CC(O)C1CCC(C)(C)CC1. The molecule has 1 aliphatic rings. The Morgan fingerprint density at radius 1 is 1.43 bits per heavy atom. The lowest BCUT2D eigenvalue weighted by molar-refractivity contribution is 0.0577. The maximum absolute atomic E-state index is 9.95. The highest BCUT2D eigenvalue weighted by atomic mass is 16.3. The highest BCUT2D eigenvalue weighted by Crippen LogP contribution is 2.39. The van der Waals surface area contributed by atoms with Gasteiger partial charge in [-0.25, -0.2) is 0 Å². The molecule has 1 nitrogen and oxygen atoms in total. The van der Waals surface area contributed by atoms with E-state index in [2.05, 4.69) is 20.4 Å². The second kappa shape index (κ2) is 4.48. The lowest BCUT2D eigenvalue weighted by Crippen LogP contribution is -2.29. The van der Waals surface area contributed by atoms with Crippen molar-refractivity contribution in [3.05, 3.63) is 12.2 Å². The maximum atomic E-state index is 9.95. The molecule has 1 N–H and O–H groups in total. The molecule has 14 heavy (non-hydrogen) atoms. The Labute approximate surface area is 88.2 Å². The summed E-state index contributed by atoms with van der Waals surface area (Å²) in [6.45, 7) is 10.5. The van der Waals surface area contributed by atoms with Gasteiger partial charge in [0.2, 0.25) is 0 Å². The molecule has 0 radical (unpaired) electrons. The highest BCUT2D eigenvalue weighted by molar-refractivity contribution is 4.93. The summed E-state index contributed by atoms with van der Waals surface area (Å²) in [6, 6.07) is 0. The topological polar surface area (TPSA) is 20.2 Å². The van der Waals surface area contributed by atoms with Crippen LogP contribution in [-0.4, -0.2) is 11.2 Å². The van der Waals surface area contributed by atoms with Gasteiger partial charge in [-0.3, -0.25) is 0 Å². The first-order chi connectivity index (χ1) is 6.41. The molecule has 0 bridgehead atoms. The fourth-order valence-corrected chi connectivity index (χ4v) is 2.33. The standard InChI is InChI=1S/C13H24O/c1-10(2)9-12(14)11-5-7-13(3,4)8-6-11/h11-12,14H,1,5-9H2,2-4H3. The summed E-state index contributed by atoms with van der Waals surface area (Å²) >= 11 is 0. The average Bonchev–Trinajstić information content (AvgIpc) is 2.02. The average molecular weight is 196 g/mol. The van der Waals surface area contributed by atoms with Crippen molar-refractivity contribution in [3.8, 4) is 0 Å². The zero-order valence-corrected chi connectivity index (χ0v) is 9.84. The van der Waals surface area contributed by atoms with E-state index < -0.39 is 0 Å². The van der Waals surface area contributed by atoms with E-state index in [1.165, 1.54) is 25.7 Å². The molecule has 0 aliphatic heterocycles. The van der Waals surface area contributed by atoms with Crippen LogP contribution in [0.15, 0.2) is 12.2 Å². The Balaban J connectivity index is 2.37. The van der Waals surface area contributed by atoms with Crippen molar-refractivity contribution in [2.24, 2.45) is 11.3 Å². The van der Waals surface area contributed by atoms with Crippen molar-refractivity contribution in [1.82, 2.24) is 0 Å². The molecule has 1 unspecified atom stereocenters. The fraction of sp³-hybridized carbons (Fsp3) is 0.846. The van der Waals surface area contributed by atoms with E-state index in [-0.39, 0.29) is 6.10 Å². The summed E-state index contributed by atoms with van der Waals surface area (Å²) in [4.78, 5) is 0. The monoisotopic (exact) mass is 196 g/mol. The second-order valence-electron chi connectivity index (χ2n) is 5.73. The molecule has 1 saturated carbocycles. The van der Waals surface area contributed by atoms with Crippen LogP contribution >= 0.6 is 0 Å². The van der Waals surface area contributed by atoms with Gasteiger partial charge in [-0.2, -0.15) is 0 Å². The Bertz CT molecular complexity index is 195. The third kappa shape index (κ3) is 3.45. The van der Waals surface area contributed by atoms with Crippen molar-refractivity contribution in [2.75, 3.05) is 0 Å². The fourth-order valence-electron chi connectivity index (χ4n) is 2.33. The summed E-state index contributed by atoms with van der Waals surface area (Å²) in [5, 5.41) is 9.95. The van der Waals surface area contributed by atoms with Crippen molar-refractivity contribution in [2.45, 2.75) is 59.0 Å². The molecule has 1 aliphatic carbocycles. The van der Waals surface area contributed by atoms with E-state index in [9.17, 15) is 5.11 Å². The van der Waals surface area contributed by atoms with Crippen LogP contribution in [0.4, 0.5) is 0 Å². The van der Waals surface area contributed by atoms with Crippen LogP contribution < -0.4 is 0 Å². The third-order valence-corrected chi connectivity index (χ3v) is 3.49. The van der Waals surface area contributed by atoms with Gasteiger partial charge >= 0.3 is 0 Å². The molecule has 0 saturated heterocycles. The van der Waals surface area contributed by atoms with Crippen molar-refractivity contribution in [1.29, 1.82) is 0 Å². The molecule has 1 fully saturated rings. The molecule has 0 aromatic rings. The van der Waals surface area contributed by atoms with E-state index in [0.717, 1.165) is 12.0 Å². The van der Waals surface area contributed by atoms with Gasteiger partial charge in [-0.15, -0.1) is 6.58 Å². The number of aliphatic hydroxyl groups is 1. The predicted octanol–water partition coefficient (Wildman–Crippen LogP) is 3.53. The van der Waals surface area contributed by atoms with Crippen LogP contribution in [-0.2, 0) is 0 Å². The quantitative estimate of drug-likeness (QED) is 0.685. The lowest BCUT2D eigenvalue weighted by Gasteiger charge is -2.36. The highest BCUT2D eigenvalue weighted by Gasteiger charge is 2.30. The van der Waals surface area contributed by atoms with Crippen LogP contribution in [0.1, 0.15) is 52.9 Å². The first-order valence-electron chi connectivity index (χ1n) is 5.73. The molecule has 1 rings (SSSR count). The summed E-state index contributed by atoms with van der Waals surface area (Å²) < 4.78 is 0. The van der Waals surface area contributed by atoms with Crippen LogP contribution in [0, 0.1) is 11.3 Å². The number of hydrogen-bond acceptors (Lipinski definition) is 1. The van der Waals surface area contributed by atoms with Crippen molar-refractivity contribution >= 4 is 0 Å². The van der Waals surface area contributed by atoms with Crippen molar-refractivity contribution < 1.29 is 5.11 Å². The van der Waals surface area contributed by atoms with E-state index in [1.54, 1.807) is 0 Å². The molecule has 1 atom stereocenters. The van der Waals surface area contributed by atoms with E-state index >= 15 is 0 Å². The van der Waals surface area contributed by atoms with Gasteiger partial charge in [0.1, 0.15) is 0 Å².